The minimum atomic E-state index is -0.113. The Bertz CT molecular complexity index is 799. The highest BCUT2D eigenvalue weighted by atomic mass is 16.5. The third-order valence-corrected chi connectivity index (χ3v) is 7.33. The maximum absolute atomic E-state index is 6.73. The predicted molar refractivity (Wildman–Crippen MR) is 95.8 cm³/mol. The maximum Gasteiger partial charge on any atom is 0.166 e. The number of hydrogen-bond donors (Lipinski definition) is 0. The maximum atomic E-state index is 6.73. The van der Waals surface area contributed by atoms with Gasteiger partial charge in [-0.2, -0.15) is 0 Å². The summed E-state index contributed by atoms with van der Waals surface area (Å²) in [4.78, 5) is 2.47. The van der Waals surface area contributed by atoms with Gasteiger partial charge in [-0.1, -0.05) is 12.1 Å². The zero-order valence-electron chi connectivity index (χ0n) is 15.3. The van der Waals surface area contributed by atoms with Gasteiger partial charge in [0.05, 0.1) is 37.0 Å². The molecule has 3 heterocycles. The molecule has 138 valence electrons. The molecule has 26 heavy (non-hydrogen) atoms. The Hall–Kier alpha value is -1.72. The minimum absolute atomic E-state index is 0.0298. The summed E-state index contributed by atoms with van der Waals surface area (Å²) in [5.41, 5.74) is 3.96. The Kier molecular flexibility index (Phi) is 3.05. The summed E-state index contributed by atoms with van der Waals surface area (Å²) < 4.78 is 24.5. The van der Waals surface area contributed by atoms with Crippen molar-refractivity contribution in [3.05, 3.63) is 35.0 Å². The van der Waals surface area contributed by atoms with Gasteiger partial charge in [0.25, 0.3) is 0 Å². The molecule has 3 aliphatic heterocycles. The van der Waals surface area contributed by atoms with Crippen LogP contribution in [0.25, 0.3) is 0 Å². The van der Waals surface area contributed by atoms with Gasteiger partial charge in [0, 0.05) is 25.3 Å². The van der Waals surface area contributed by atoms with Gasteiger partial charge >= 0.3 is 0 Å². The first-order valence-electron chi connectivity index (χ1n) is 9.83. The SMILES string of the molecule is COc1ccc2c3c1OC1C(N4CCOCC4)=CCC4(CC2)OCCC314. The van der Waals surface area contributed by atoms with Gasteiger partial charge in [0.15, 0.2) is 17.6 Å². The van der Waals surface area contributed by atoms with Gasteiger partial charge in [-0.05, 0) is 37.3 Å². The van der Waals surface area contributed by atoms with E-state index in [0.717, 1.165) is 70.1 Å². The van der Waals surface area contributed by atoms with E-state index in [2.05, 4.69) is 23.1 Å². The van der Waals surface area contributed by atoms with Crippen LogP contribution in [-0.2, 0) is 21.3 Å². The van der Waals surface area contributed by atoms with Crippen molar-refractivity contribution in [1.29, 1.82) is 0 Å². The van der Waals surface area contributed by atoms with Crippen molar-refractivity contribution < 1.29 is 18.9 Å². The van der Waals surface area contributed by atoms with Gasteiger partial charge in [-0.25, -0.2) is 0 Å². The summed E-state index contributed by atoms with van der Waals surface area (Å²) in [7, 11) is 1.74. The minimum Gasteiger partial charge on any atom is -0.493 e. The molecule has 0 bridgehead atoms. The molecule has 0 aromatic heterocycles. The van der Waals surface area contributed by atoms with Crippen LogP contribution in [-0.4, -0.2) is 56.6 Å². The van der Waals surface area contributed by atoms with Crippen molar-refractivity contribution in [3.8, 4) is 11.5 Å². The molecule has 2 fully saturated rings. The van der Waals surface area contributed by atoms with E-state index in [9.17, 15) is 0 Å². The van der Waals surface area contributed by atoms with Gasteiger partial charge < -0.3 is 23.8 Å². The lowest BCUT2D eigenvalue weighted by atomic mass is 9.55. The first kappa shape index (κ1) is 15.3. The Morgan fingerprint density at radius 2 is 2.04 bits per heavy atom. The number of methoxy groups -OCH3 is 1. The molecule has 0 N–H and O–H groups in total. The van der Waals surface area contributed by atoms with Crippen LogP contribution in [0.3, 0.4) is 0 Å². The molecule has 1 spiro atoms. The van der Waals surface area contributed by atoms with Crippen LogP contribution in [0.15, 0.2) is 23.9 Å². The zero-order chi connectivity index (χ0) is 17.4. The fraction of sp³-hybridized carbons (Fsp3) is 0.619. The van der Waals surface area contributed by atoms with Crippen LogP contribution >= 0.6 is 0 Å². The molecular formula is C21H25NO4. The van der Waals surface area contributed by atoms with Crippen LogP contribution in [0.2, 0.25) is 0 Å². The third kappa shape index (κ3) is 1.65. The highest BCUT2D eigenvalue weighted by molar-refractivity contribution is 5.63. The Morgan fingerprint density at radius 1 is 1.15 bits per heavy atom. The van der Waals surface area contributed by atoms with Gasteiger partial charge in [-0.15, -0.1) is 0 Å². The lowest BCUT2D eigenvalue weighted by Gasteiger charge is -2.52. The summed E-state index contributed by atoms with van der Waals surface area (Å²) >= 11 is 0. The molecule has 3 atom stereocenters. The fourth-order valence-electron chi connectivity index (χ4n) is 6.20. The standard InChI is InChI=1S/C21H25NO4/c1-23-16-3-2-14-4-6-20-7-5-15(22-9-12-24-13-10-22)19-21(20,8-11-25-20)17(14)18(16)26-19/h2-3,5,19H,4,6-13H2,1H3. The second-order valence-electron chi connectivity index (χ2n) is 8.13. The molecule has 6 rings (SSSR count). The van der Waals surface area contributed by atoms with Crippen LogP contribution < -0.4 is 9.47 Å². The largest absolute Gasteiger partial charge is 0.493 e. The molecule has 0 saturated carbocycles. The van der Waals surface area contributed by atoms with E-state index in [0.29, 0.717) is 0 Å². The Labute approximate surface area is 153 Å². The number of rotatable bonds is 2. The molecular weight excluding hydrogens is 330 g/mol. The number of benzene rings is 1. The molecule has 3 unspecified atom stereocenters. The van der Waals surface area contributed by atoms with Crippen molar-refractivity contribution in [3.63, 3.8) is 0 Å². The van der Waals surface area contributed by atoms with Crippen molar-refractivity contribution in [2.45, 2.75) is 42.8 Å². The number of morpholine rings is 1. The zero-order valence-corrected chi connectivity index (χ0v) is 15.3. The van der Waals surface area contributed by atoms with Crippen LogP contribution in [0, 0.1) is 0 Å². The van der Waals surface area contributed by atoms with Gasteiger partial charge in [0.1, 0.15) is 0 Å². The van der Waals surface area contributed by atoms with E-state index in [1.807, 2.05) is 0 Å². The first-order valence-corrected chi connectivity index (χ1v) is 9.83. The highest BCUT2D eigenvalue weighted by Gasteiger charge is 2.70. The molecule has 2 aliphatic carbocycles. The second-order valence-corrected chi connectivity index (χ2v) is 8.13. The summed E-state index contributed by atoms with van der Waals surface area (Å²) in [6.07, 6.45) is 6.58. The first-order chi connectivity index (χ1) is 12.8. The molecule has 1 aromatic carbocycles. The van der Waals surface area contributed by atoms with Crippen LogP contribution in [0.1, 0.15) is 30.4 Å². The van der Waals surface area contributed by atoms with Gasteiger partial charge in [-0.3, -0.25) is 0 Å². The lowest BCUT2D eigenvalue weighted by molar-refractivity contribution is -0.0744. The van der Waals surface area contributed by atoms with Crippen molar-refractivity contribution in [2.75, 3.05) is 40.0 Å². The summed E-state index contributed by atoms with van der Waals surface area (Å²) in [5, 5.41) is 0. The number of aryl methyl sites for hydroxylation is 1. The van der Waals surface area contributed by atoms with E-state index in [4.69, 9.17) is 18.9 Å². The predicted octanol–water partition coefficient (Wildman–Crippen LogP) is 2.42. The summed E-state index contributed by atoms with van der Waals surface area (Å²) in [6.45, 7) is 4.28. The van der Waals surface area contributed by atoms with Crippen molar-refractivity contribution in [2.24, 2.45) is 0 Å². The Balaban J connectivity index is 1.56. The average molecular weight is 355 g/mol. The second kappa shape index (κ2) is 5.17. The highest BCUT2D eigenvalue weighted by Crippen LogP contribution is 2.66. The molecule has 0 amide bonds. The topological polar surface area (TPSA) is 40.2 Å². The Morgan fingerprint density at radius 3 is 2.88 bits per heavy atom. The molecule has 5 nitrogen and oxygen atoms in total. The normalized spacial score (nSPS) is 36.9. The van der Waals surface area contributed by atoms with Crippen LogP contribution in [0.4, 0.5) is 0 Å². The van der Waals surface area contributed by atoms with E-state index in [1.54, 1.807) is 7.11 Å². The van der Waals surface area contributed by atoms with Gasteiger partial charge in [0.2, 0.25) is 0 Å². The quantitative estimate of drug-likeness (QED) is 0.815. The summed E-state index contributed by atoms with van der Waals surface area (Å²) in [5.74, 6) is 1.82. The van der Waals surface area contributed by atoms with Crippen molar-refractivity contribution in [1.82, 2.24) is 4.90 Å². The lowest BCUT2D eigenvalue weighted by Crippen LogP contribution is -2.61. The van der Waals surface area contributed by atoms with Crippen molar-refractivity contribution >= 4 is 0 Å². The molecule has 5 heteroatoms. The number of nitrogens with zero attached hydrogens (tertiary/aromatic N) is 1. The van der Waals surface area contributed by atoms with E-state index < -0.39 is 0 Å². The van der Waals surface area contributed by atoms with Crippen LogP contribution in [0.5, 0.6) is 11.5 Å². The van der Waals surface area contributed by atoms with E-state index in [1.165, 1.54) is 16.8 Å². The molecule has 5 aliphatic rings. The molecule has 2 saturated heterocycles. The van der Waals surface area contributed by atoms with E-state index in [-0.39, 0.29) is 17.1 Å². The summed E-state index contributed by atoms with van der Waals surface area (Å²) in [6, 6.07) is 4.32. The average Bonchev–Trinajstić information content (AvgIpc) is 3.25. The number of hydrogen-bond acceptors (Lipinski definition) is 5. The smallest absolute Gasteiger partial charge is 0.166 e. The van der Waals surface area contributed by atoms with E-state index >= 15 is 0 Å². The fourth-order valence-corrected chi connectivity index (χ4v) is 6.20. The molecule has 0 radical (unpaired) electrons. The molecule has 1 aromatic rings. The third-order valence-electron chi connectivity index (χ3n) is 7.33. The monoisotopic (exact) mass is 355 g/mol. The number of ether oxygens (including phenoxy) is 4.